The number of hydrogen-bond acceptors (Lipinski definition) is 2. The van der Waals surface area contributed by atoms with E-state index in [9.17, 15) is 9.59 Å². The third-order valence-electron chi connectivity index (χ3n) is 1.94. The van der Waals surface area contributed by atoms with Crippen LogP contribution < -0.4 is 10.6 Å². The highest BCUT2D eigenvalue weighted by Gasteiger charge is 2.11. The van der Waals surface area contributed by atoms with Gasteiger partial charge in [0.25, 0.3) is 0 Å². The van der Waals surface area contributed by atoms with Gasteiger partial charge in [0.15, 0.2) is 0 Å². The topological polar surface area (TPSA) is 58.2 Å². The summed E-state index contributed by atoms with van der Waals surface area (Å²) in [6, 6.07) is 0. The molecule has 0 aromatic carbocycles. The second kappa shape index (κ2) is 8.26. The molecule has 0 fully saturated rings. The van der Waals surface area contributed by atoms with Crippen LogP contribution in [-0.4, -0.2) is 24.9 Å². The molecule has 0 saturated carbocycles. The van der Waals surface area contributed by atoms with Gasteiger partial charge in [-0.1, -0.05) is 33.6 Å². The minimum Gasteiger partial charge on any atom is -0.348 e. The molecule has 0 aliphatic carbocycles. The van der Waals surface area contributed by atoms with E-state index in [4.69, 9.17) is 0 Å². The number of carbonyl (C=O) groups is 2. The average molecular weight is 214 g/mol. The quantitative estimate of drug-likeness (QED) is 0.513. The van der Waals surface area contributed by atoms with Crippen LogP contribution in [0.25, 0.3) is 0 Å². The van der Waals surface area contributed by atoms with Crippen LogP contribution in [0, 0.1) is 5.92 Å². The molecular weight excluding hydrogens is 192 g/mol. The maximum atomic E-state index is 11.2. The van der Waals surface area contributed by atoms with Gasteiger partial charge in [0.2, 0.25) is 0 Å². The first-order valence-corrected chi connectivity index (χ1v) is 5.64. The van der Waals surface area contributed by atoms with Gasteiger partial charge in [0.1, 0.15) is 0 Å². The minimum absolute atomic E-state index is 0.363. The van der Waals surface area contributed by atoms with Crippen LogP contribution in [0.2, 0.25) is 0 Å². The number of amides is 2. The van der Waals surface area contributed by atoms with Crippen molar-refractivity contribution in [1.82, 2.24) is 10.6 Å². The summed E-state index contributed by atoms with van der Waals surface area (Å²) in [5.74, 6) is -0.686. The molecule has 0 atom stereocenters. The van der Waals surface area contributed by atoms with Crippen molar-refractivity contribution < 1.29 is 9.59 Å². The van der Waals surface area contributed by atoms with E-state index in [1.165, 1.54) is 0 Å². The molecule has 0 aliphatic heterocycles. The van der Waals surface area contributed by atoms with Crippen molar-refractivity contribution in [3.63, 3.8) is 0 Å². The maximum absolute atomic E-state index is 11.2. The van der Waals surface area contributed by atoms with E-state index >= 15 is 0 Å². The Hall–Kier alpha value is -1.06. The lowest BCUT2D eigenvalue weighted by atomic mass is 10.2. The zero-order valence-corrected chi connectivity index (χ0v) is 9.93. The molecule has 2 amide bonds. The molecule has 0 saturated heterocycles. The van der Waals surface area contributed by atoms with Crippen molar-refractivity contribution in [3.8, 4) is 0 Å². The Morgan fingerprint density at radius 3 is 2.20 bits per heavy atom. The van der Waals surface area contributed by atoms with Crippen molar-refractivity contribution in [2.75, 3.05) is 13.1 Å². The Morgan fingerprint density at radius 2 is 1.67 bits per heavy atom. The van der Waals surface area contributed by atoms with Gasteiger partial charge in [0.05, 0.1) is 0 Å². The van der Waals surface area contributed by atoms with Crippen molar-refractivity contribution in [2.24, 2.45) is 5.92 Å². The highest BCUT2D eigenvalue weighted by Crippen LogP contribution is 1.91. The molecule has 0 heterocycles. The fourth-order valence-corrected chi connectivity index (χ4v) is 1.03. The smallest absolute Gasteiger partial charge is 0.309 e. The van der Waals surface area contributed by atoms with Gasteiger partial charge in [-0.15, -0.1) is 0 Å². The number of carbonyl (C=O) groups excluding carboxylic acids is 2. The molecule has 4 heteroatoms. The van der Waals surface area contributed by atoms with E-state index in [1.807, 2.05) is 13.8 Å². The molecule has 0 unspecified atom stereocenters. The van der Waals surface area contributed by atoms with Gasteiger partial charge in [-0.05, 0) is 12.3 Å². The van der Waals surface area contributed by atoms with Crippen molar-refractivity contribution >= 4 is 11.8 Å². The van der Waals surface area contributed by atoms with Gasteiger partial charge in [-0.3, -0.25) is 9.59 Å². The molecule has 0 spiro atoms. The molecule has 4 nitrogen and oxygen atoms in total. The third-order valence-corrected chi connectivity index (χ3v) is 1.94. The number of hydrogen-bond donors (Lipinski definition) is 2. The predicted molar refractivity (Wildman–Crippen MR) is 60.4 cm³/mol. The van der Waals surface area contributed by atoms with Gasteiger partial charge in [-0.25, -0.2) is 0 Å². The molecule has 0 aromatic rings. The lowest BCUT2D eigenvalue weighted by molar-refractivity contribution is -0.139. The van der Waals surface area contributed by atoms with E-state index in [2.05, 4.69) is 17.6 Å². The second-order valence-corrected chi connectivity index (χ2v) is 4.07. The SMILES string of the molecule is CCCCCNC(=O)C(=O)NCC(C)C. The summed E-state index contributed by atoms with van der Waals surface area (Å²) in [7, 11) is 0. The number of unbranched alkanes of at least 4 members (excludes halogenated alkanes) is 2. The van der Waals surface area contributed by atoms with E-state index < -0.39 is 11.8 Å². The fourth-order valence-electron chi connectivity index (χ4n) is 1.03. The molecular formula is C11H22N2O2. The van der Waals surface area contributed by atoms with Crippen molar-refractivity contribution in [3.05, 3.63) is 0 Å². The summed E-state index contributed by atoms with van der Waals surface area (Å²) in [6.07, 6.45) is 3.11. The summed E-state index contributed by atoms with van der Waals surface area (Å²) in [6.45, 7) is 7.19. The zero-order valence-electron chi connectivity index (χ0n) is 9.93. The first-order valence-electron chi connectivity index (χ1n) is 5.64. The second-order valence-electron chi connectivity index (χ2n) is 4.07. The average Bonchev–Trinajstić information content (AvgIpc) is 2.20. The highest BCUT2D eigenvalue weighted by molar-refractivity contribution is 6.35. The Kier molecular flexibility index (Phi) is 7.68. The van der Waals surface area contributed by atoms with Crippen LogP contribution in [0.4, 0.5) is 0 Å². The third kappa shape index (κ3) is 7.97. The molecule has 0 rings (SSSR count). The van der Waals surface area contributed by atoms with Crippen LogP contribution in [0.5, 0.6) is 0 Å². The van der Waals surface area contributed by atoms with E-state index in [0.717, 1.165) is 19.3 Å². The normalized spacial score (nSPS) is 10.1. The predicted octanol–water partition coefficient (Wildman–Crippen LogP) is 1.06. The summed E-state index contributed by atoms with van der Waals surface area (Å²) >= 11 is 0. The first-order chi connectivity index (χ1) is 7.07. The Bertz CT molecular complexity index is 203. The van der Waals surface area contributed by atoms with Crippen LogP contribution in [0.3, 0.4) is 0 Å². The summed E-state index contributed by atoms with van der Waals surface area (Å²) in [5, 5.41) is 5.16. The van der Waals surface area contributed by atoms with Crippen molar-refractivity contribution in [2.45, 2.75) is 40.0 Å². The number of nitrogens with one attached hydrogen (secondary N) is 2. The minimum atomic E-state index is -0.528. The number of rotatable bonds is 6. The Labute approximate surface area is 91.8 Å². The Balaban J connectivity index is 3.56. The molecule has 88 valence electrons. The van der Waals surface area contributed by atoms with Crippen molar-refractivity contribution in [1.29, 1.82) is 0 Å². The lowest BCUT2D eigenvalue weighted by Gasteiger charge is -2.07. The van der Waals surface area contributed by atoms with E-state index in [-0.39, 0.29) is 0 Å². The molecule has 0 aliphatic rings. The summed E-state index contributed by atoms with van der Waals surface area (Å²) in [5.41, 5.74) is 0. The standard InChI is InChI=1S/C11H22N2O2/c1-4-5-6-7-12-10(14)11(15)13-8-9(2)3/h9H,4-8H2,1-3H3,(H,12,14)(H,13,15). The van der Waals surface area contributed by atoms with Gasteiger partial charge in [-0.2, -0.15) is 0 Å². The first kappa shape index (κ1) is 13.9. The van der Waals surface area contributed by atoms with E-state index in [0.29, 0.717) is 19.0 Å². The van der Waals surface area contributed by atoms with Crippen LogP contribution in [0.15, 0.2) is 0 Å². The summed E-state index contributed by atoms with van der Waals surface area (Å²) in [4.78, 5) is 22.4. The van der Waals surface area contributed by atoms with Gasteiger partial charge in [0, 0.05) is 13.1 Å². The van der Waals surface area contributed by atoms with Gasteiger partial charge < -0.3 is 10.6 Å². The maximum Gasteiger partial charge on any atom is 0.309 e. The lowest BCUT2D eigenvalue weighted by Crippen LogP contribution is -2.41. The van der Waals surface area contributed by atoms with Crippen LogP contribution >= 0.6 is 0 Å². The summed E-state index contributed by atoms with van der Waals surface area (Å²) < 4.78 is 0. The molecule has 15 heavy (non-hydrogen) atoms. The van der Waals surface area contributed by atoms with Crippen LogP contribution in [-0.2, 0) is 9.59 Å². The molecule has 2 N–H and O–H groups in total. The molecule has 0 radical (unpaired) electrons. The monoisotopic (exact) mass is 214 g/mol. The largest absolute Gasteiger partial charge is 0.348 e. The molecule has 0 bridgehead atoms. The Morgan fingerprint density at radius 1 is 1.07 bits per heavy atom. The zero-order chi connectivity index (χ0) is 11.7. The fraction of sp³-hybridized carbons (Fsp3) is 0.818. The van der Waals surface area contributed by atoms with Gasteiger partial charge >= 0.3 is 11.8 Å². The molecule has 0 aromatic heterocycles. The highest BCUT2D eigenvalue weighted by atomic mass is 16.2. The van der Waals surface area contributed by atoms with Crippen LogP contribution in [0.1, 0.15) is 40.0 Å². The van der Waals surface area contributed by atoms with E-state index in [1.54, 1.807) is 0 Å².